The van der Waals surface area contributed by atoms with Gasteiger partial charge in [-0.25, -0.2) is 4.79 Å². The largest absolute Gasteiger partial charge is 0.448 e. The van der Waals surface area contributed by atoms with Crippen molar-refractivity contribution in [3.8, 4) is 11.1 Å². The first kappa shape index (κ1) is 22.6. The van der Waals surface area contributed by atoms with Crippen LogP contribution >= 0.6 is 0 Å². The van der Waals surface area contributed by atoms with Crippen LogP contribution < -0.4 is 4.98 Å². The Balaban J connectivity index is 1.45. The molecule has 0 spiro atoms. The van der Waals surface area contributed by atoms with Gasteiger partial charge in [0, 0.05) is 12.5 Å². The summed E-state index contributed by atoms with van der Waals surface area (Å²) in [5.41, 5.74) is 4.79. The predicted octanol–water partition coefficient (Wildman–Crippen LogP) is 5.52. The molecule has 2 aliphatic rings. The lowest BCUT2D eigenvalue weighted by Gasteiger charge is -2.38. The molecule has 170 valence electrons. The lowest BCUT2D eigenvalue weighted by molar-refractivity contribution is -0.123. The number of carbonyl (C=O) groups is 2. The van der Waals surface area contributed by atoms with E-state index in [1.54, 1.807) is 4.90 Å². The van der Waals surface area contributed by atoms with E-state index in [4.69, 9.17) is 4.74 Å². The average molecular weight is 451 g/mol. The maximum atomic E-state index is 13.1. The Morgan fingerprint density at radius 2 is 1.59 bits per heavy atom. The van der Waals surface area contributed by atoms with Crippen molar-refractivity contribution in [1.82, 2.24) is 9.88 Å². The maximum absolute atomic E-state index is 13.1. The molecule has 6 heteroatoms. The smallest absolute Gasteiger partial charge is 0.410 e. The predicted molar refractivity (Wildman–Crippen MR) is 130 cm³/mol. The number of amides is 2. The molecule has 1 heterocycles. The third-order valence-electron chi connectivity index (χ3n) is 7.44. The molecule has 1 fully saturated rings. The summed E-state index contributed by atoms with van der Waals surface area (Å²) in [5.74, 6) is -0.0175. The first-order valence-electron chi connectivity index (χ1n) is 11.5. The van der Waals surface area contributed by atoms with Crippen molar-refractivity contribution >= 4 is 20.2 Å². The Morgan fingerprint density at radius 3 is 2.16 bits per heavy atom. The van der Waals surface area contributed by atoms with E-state index in [1.165, 1.54) is 22.3 Å². The molecule has 5 nitrogen and oxygen atoms in total. The van der Waals surface area contributed by atoms with Gasteiger partial charge in [-0.05, 0) is 40.1 Å². The molecule has 4 rings (SSSR count). The van der Waals surface area contributed by atoms with Crippen molar-refractivity contribution < 1.29 is 14.3 Å². The van der Waals surface area contributed by atoms with E-state index in [1.807, 2.05) is 24.3 Å². The van der Waals surface area contributed by atoms with E-state index < -0.39 is 14.3 Å². The quantitative estimate of drug-likeness (QED) is 0.624. The fraction of sp³-hybridized carbons (Fsp3) is 0.462. The van der Waals surface area contributed by atoms with E-state index in [0.717, 1.165) is 6.42 Å². The van der Waals surface area contributed by atoms with Crippen LogP contribution in [0, 0.1) is 0 Å². The molecule has 1 N–H and O–H groups in total. The topological polar surface area (TPSA) is 58.6 Å². The summed E-state index contributed by atoms with van der Waals surface area (Å²) in [6, 6.07) is 16.2. The van der Waals surface area contributed by atoms with Crippen LogP contribution in [0.4, 0.5) is 4.79 Å². The monoisotopic (exact) mass is 450 g/mol. The van der Waals surface area contributed by atoms with E-state index in [-0.39, 0.29) is 29.6 Å². The Bertz CT molecular complexity index is 982. The molecule has 1 atom stereocenters. The minimum Gasteiger partial charge on any atom is -0.448 e. The van der Waals surface area contributed by atoms with Gasteiger partial charge in [-0.1, -0.05) is 82.4 Å². The van der Waals surface area contributed by atoms with Gasteiger partial charge in [0.1, 0.15) is 12.6 Å². The number of carbonyl (C=O) groups excluding carboxylic acids is 2. The lowest BCUT2D eigenvalue weighted by atomic mass is 9.98. The first-order chi connectivity index (χ1) is 15.1. The number of fused-ring (bicyclic) bond motifs is 3. The van der Waals surface area contributed by atoms with Crippen LogP contribution in [0.15, 0.2) is 48.5 Å². The summed E-state index contributed by atoms with van der Waals surface area (Å²) in [4.78, 5) is 31.0. The second-order valence-electron chi connectivity index (χ2n) is 10.5. The third kappa shape index (κ3) is 4.08. The van der Waals surface area contributed by atoms with Crippen LogP contribution in [-0.4, -0.2) is 44.3 Å². The van der Waals surface area contributed by atoms with Crippen molar-refractivity contribution in [2.24, 2.45) is 0 Å². The minimum atomic E-state index is -2.00. The van der Waals surface area contributed by atoms with Gasteiger partial charge in [0.05, 0.1) is 0 Å². The zero-order valence-electron chi connectivity index (χ0n) is 19.8. The lowest BCUT2D eigenvalue weighted by Crippen LogP contribution is -2.59. The van der Waals surface area contributed by atoms with Gasteiger partial charge in [-0.3, -0.25) is 9.69 Å². The Hall–Kier alpha value is -2.60. The molecule has 1 aliphatic carbocycles. The molecule has 1 saturated heterocycles. The molecule has 32 heavy (non-hydrogen) atoms. The third-order valence-corrected chi connectivity index (χ3v) is 12.1. The second kappa shape index (κ2) is 8.39. The van der Waals surface area contributed by atoms with Gasteiger partial charge >= 0.3 is 6.09 Å². The van der Waals surface area contributed by atoms with Gasteiger partial charge in [0.15, 0.2) is 8.24 Å². The van der Waals surface area contributed by atoms with E-state index in [2.05, 4.69) is 63.1 Å². The summed E-state index contributed by atoms with van der Waals surface area (Å²) in [5, 5.41) is 0.0376. The van der Waals surface area contributed by atoms with Gasteiger partial charge < -0.3 is 9.72 Å². The zero-order chi connectivity index (χ0) is 23.1. The van der Waals surface area contributed by atoms with Gasteiger partial charge in [-0.15, -0.1) is 0 Å². The Morgan fingerprint density at radius 1 is 1.03 bits per heavy atom. The van der Waals surface area contributed by atoms with Crippen molar-refractivity contribution in [3.63, 3.8) is 0 Å². The Kier molecular flexibility index (Phi) is 5.92. The molecule has 0 saturated carbocycles. The summed E-state index contributed by atoms with van der Waals surface area (Å²) in [6.07, 6.45) is 1.12. The fourth-order valence-electron chi connectivity index (χ4n) is 4.51. The molecule has 2 aromatic rings. The molecule has 0 bridgehead atoms. The van der Waals surface area contributed by atoms with E-state index >= 15 is 0 Å². The van der Waals surface area contributed by atoms with Crippen molar-refractivity contribution in [2.45, 2.75) is 63.7 Å². The zero-order valence-corrected chi connectivity index (χ0v) is 20.8. The van der Waals surface area contributed by atoms with Crippen molar-refractivity contribution in [3.05, 3.63) is 59.7 Å². The number of ether oxygens (including phenoxy) is 1. The number of hydrogen-bond donors (Lipinski definition) is 1. The summed E-state index contributed by atoms with van der Waals surface area (Å²) in [7, 11) is -2.00. The van der Waals surface area contributed by atoms with Gasteiger partial charge in [0.2, 0.25) is 5.91 Å². The van der Waals surface area contributed by atoms with Gasteiger partial charge in [-0.2, -0.15) is 0 Å². The van der Waals surface area contributed by atoms with Crippen LogP contribution in [0.5, 0.6) is 0 Å². The molecule has 0 radical (unpaired) electrons. The highest BCUT2D eigenvalue weighted by molar-refractivity contribution is 6.79. The van der Waals surface area contributed by atoms with Crippen LogP contribution in [0.3, 0.4) is 0 Å². The molecular formula is C26H34N2O3Si. The normalized spacial score (nSPS) is 18.3. The second-order valence-corrected chi connectivity index (χ2v) is 15.5. The fourth-order valence-corrected chi connectivity index (χ4v) is 5.67. The Labute approximate surface area is 192 Å². The molecule has 0 aromatic heterocycles. The maximum Gasteiger partial charge on any atom is 0.410 e. The number of benzene rings is 2. The number of hydrogen-bond acceptors (Lipinski definition) is 3. The minimum absolute atomic E-state index is 0.0217. The van der Waals surface area contributed by atoms with Crippen LogP contribution in [-0.2, 0) is 9.53 Å². The number of likely N-dealkylation sites (tertiary alicyclic amines) is 1. The molecule has 0 unspecified atom stereocenters. The highest BCUT2D eigenvalue weighted by Gasteiger charge is 2.42. The molecule has 2 aromatic carbocycles. The summed E-state index contributed by atoms with van der Waals surface area (Å²) in [6.45, 7) is 11.7. The van der Waals surface area contributed by atoms with Crippen LogP contribution in [0.25, 0.3) is 11.1 Å². The molecular weight excluding hydrogens is 416 g/mol. The van der Waals surface area contributed by atoms with E-state index in [9.17, 15) is 9.59 Å². The molecule has 1 aliphatic heterocycles. The SMILES string of the molecule is CC(C)(C)[Si](C)(C)NC(=O)[C@@H]1CCCN1C(=O)OCC1c2ccccc2-c2ccccc21. The summed E-state index contributed by atoms with van der Waals surface area (Å²) < 4.78 is 5.82. The standard InChI is InChI=1S/C26H34N2O3Si/c1-26(2,3)32(4,5)27-24(29)23-15-10-16-28(23)25(30)31-17-22-20-13-8-6-11-18(20)19-12-7-9-14-21(19)22/h6-9,11-14,22-23H,10,15-17H2,1-5H3,(H,27,29)/t23-/m0/s1. The van der Waals surface area contributed by atoms with Crippen LogP contribution in [0.1, 0.15) is 50.7 Å². The van der Waals surface area contributed by atoms with E-state index in [0.29, 0.717) is 13.0 Å². The van der Waals surface area contributed by atoms with Gasteiger partial charge in [0.25, 0.3) is 0 Å². The van der Waals surface area contributed by atoms with Crippen molar-refractivity contribution in [1.29, 1.82) is 0 Å². The average Bonchev–Trinajstić information content (AvgIpc) is 3.35. The van der Waals surface area contributed by atoms with Crippen LogP contribution in [0.2, 0.25) is 18.1 Å². The highest BCUT2D eigenvalue weighted by atomic mass is 28.3. The number of rotatable bonds is 4. The summed E-state index contributed by atoms with van der Waals surface area (Å²) >= 11 is 0. The number of nitrogens with one attached hydrogen (secondary N) is 1. The first-order valence-corrected chi connectivity index (χ1v) is 14.5. The number of nitrogens with zero attached hydrogens (tertiary/aromatic N) is 1. The highest BCUT2D eigenvalue weighted by Crippen LogP contribution is 2.44. The molecule has 2 amide bonds. The van der Waals surface area contributed by atoms with Crippen molar-refractivity contribution in [2.75, 3.05) is 13.2 Å².